The van der Waals surface area contributed by atoms with Crippen molar-refractivity contribution in [3.05, 3.63) is 29.9 Å². The molecule has 0 aliphatic heterocycles. The van der Waals surface area contributed by atoms with Crippen molar-refractivity contribution in [2.24, 2.45) is 0 Å². The van der Waals surface area contributed by atoms with Crippen LogP contribution < -0.4 is 10.0 Å². The lowest BCUT2D eigenvalue weighted by molar-refractivity contribution is -0.115. The molecule has 0 radical (unpaired) electrons. The van der Waals surface area contributed by atoms with Crippen molar-refractivity contribution < 1.29 is 13.2 Å². The zero-order valence-corrected chi connectivity index (χ0v) is 14.4. The van der Waals surface area contributed by atoms with Gasteiger partial charge < -0.3 is 10.3 Å². The molecule has 3 aromatic rings. The number of hydrogen-bond acceptors (Lipinski definition) is 6. The van der Waals surface area contributed by atoms with Crippen LogP contribution in [0.5, 0.6) is 0 Å². The van der Waals surface area contributed by atoms with Crippen molar-refractivity contribution in [2.45, 2.75) is 6.92 Å². The van der Waals surface area contributed by atoms with Crippen LogP contribution >= 0.6 is 11.3 Å². The van der Waals surface area contributed by atoms with Crippen LogP contribution in [0.1, 0.15) is 6.92 Å². The van der Waals surface area contributed by atoms with Crippen LogP contribution in [-0.2, 0) is 14.8 Å². The number of carbonyl (C=O) groups excluding carboxylic acids is 1. The second-order valence-corrected chi connectivity index (χ2v) is 7.87. The van der Waals surface area contributed by atoms with Crippen LogP contribution in [-0.4, -0.2) is 41.6 Å². The van der Waals surface area contributed by atoms with Crippen molar-refractivity contribution >= 4 is 43.4 Å². The molecule has 0 fully saturated rings. The van der Waals surface area contributed by atoms with E-state index in [9.17, 15) is 13.2 Å². The van der Waals surface area contributed by atoms with Crippen LogP contribution in [0.25, 0.3) is 22.3 Å². The molecule has 3 heterocycles. The van der Waals surface area contributed by atoms with E-state index in [2.05, 4.69) is 25.0 Å². The third-order valence-electron chi connectivity index (χ3n) is 3.31. The van der Waals surface area contributed by atoms with E-state index in [4.69, 9.17) is 0 Å². The van der Waals surface area contributed by atoms with Crippen molar-refractivity contribution in [3.63, 3.8) is 0 Å². The molecule has 0 saturated carbocycles. The van der Waals surface area contributed by atoms with Gasteiger partial charge in [-0.1, -0.05) is 0 Å². The first-order valence-corrected chi connectivity index (χ1v) is 9.67. The van der Waals surface area contributed by atoms with Crippen LogP contribution in [0.15, 0.2) is 29.9 Å². The van der Waals surface area contributed by atoms with E-state index in [0.717, 1.165) is 16.6 Å². The van der Waals surface area contributed by atoms with Gasteiger partial charge in [0.15, 0.2) is 5.13 Å². The summed E-state index contributed by atoms with van der Waals surface area (Å²) in [6.07, 6.45) is 3.51. The number of aromatic amines is 1. The fourth-order valence-electron chi connectivity index (χ4n) is 2.06. The number of amides is 1. The van der Waals surface area contributed by atoms with Gasteiger partial charge in [-0.2, -0.15) is 0 Å². The van der Waals surface area contributed by atoms with Gasteiger partial charge in [0.2, 0.25) is 15.9 Å². The van der Waals surface area contributed by atoms with Crippen molar-refractivity contribution in [2.75, 3.05) is 17.6 Å². The van der Waals surface area contributed by atoms with Crippen LogP contribution in [0.4, 0.5) is 5.13 Å². The first-order valence-electron chi connectivity index (χ1n) is 7.13. The van der Waals surface area contributed by atoms with E-state index in [1.54, 1.807) is 6.20 Å². The number of hydrogen-bond donors (Lipinski definition) is 3. The molecule has 10 heteroatoms. The fraction of sp³-hybridized carbons (Fsp3) is 0.214. The van der Waals surface area contributed by atoms with Crippen LogP contribution in [0.3, 0.4) is 0 Å². The Morgan fingerprint density at radius 1 is 1.42 bits per heavy atom. The summed E-state index contributed by atoms with van der Waals surface area (Å²) in [4.78, 5) is 23.5. The lowest BCUT2D eigenvalue weighted by Gasteiger charge is -2.03. The van der Waals surface area contributed by atoms with Gasteiger partial charge in [0.05, 0.1) is 18.0 Å². The SMILES string of the molecule is CCS(=O)(=O)NCC(=O)Nc1nc(-c2c[nH]c3ncccc23)cs1. The topological polar surface area (TPSA) is 117 Å². The summed E-state index contributed by atoms with van der Waals surface area (Å²) in [5.41, 5.74) is 2.37. The normalized spacial score (nSPS) is 11.7. The molecule has 8 nitrogen and oxygen atoms in total. The first-order chi connectivity index (χ1) is 11.5. The van der Waals surface area contributed by atoms with Gasteiger partial charge in [-0.15, -0.1) is 11.3 Å². The molecule has 0 aromatic carbocycles. The second-order valence-electron chi connectivity index (χ2n) is 4.91. The molecule has 126 valence electrons. The van der Waals surface area contributed by atoms with Gasteiger partial charge >= 0.3 is 0 Å². The Kier molecular flexibility index (Phi) is 4.60. The number of nitrogens with zero attached hydrogens (tertiary/aromatic N) is 2. The third-order valence-corrected chi connectivity index (χ3v) is 5.41. The zero-order valence-electron chi connectivity index (χ0n) is 12.7. The van der Waals surface area contributed by atoms with E-state index in [1.807, 2.05) is 23.7 Å². The maximum Gasteiger partial charge on any atom is 0.241 e. The number of thiazole rings is 1. The van der Waals surface area contributed by atoms with Gasteiger partial charge in [-0.05, 0) is 19.1 Å². The summed E-state index contributed by atoms with van der Waals surface area (Å²) in [5.74, 6) is -0.537. The fourth-order valence-corrected chi connectivity index (χ4v) is 3.35. The Morgan fingerprint density at radius 2 is 2.25 bits per heavy atom. The Labute approximate surface area is 142 Å². The number of aromatic nitrogens is 3. The Bertz CT molecular complexity index is 977. The summed E-state index contributed by atoms with van der Waals surface area (Å²) >= 11 is 1.27. The van der Waals surface area contributed by atoms with Crippen LogP contribution in [0.2, 0.25) is 0 Å². The molecular weight excluding hydrogens is 350 g/mol. The first kappa shape index (κ1) is 16.6. The van der Waals surface area contributed by atoms with Crippen molar-refractivity contribution in [1.82, 2.24) is 19.7 Å². The number of carbonyl (C=O) groups is 1. The van der Waals surface area contributed by atoms with E-state index in [1.165, 1.54) is 18.3 Å². The molecule has 3 aromatic heterocycles. The van der Waals surface area contributed by atoms with Gasteiger partial charge in [0, 0.05) is 28.7 Å². The highest BCUT2D eigenvalue weighted by Gasteiger charge is 2.13. The summed E-state index contributed by atoms with van der Waals surface area (Å²) < 4.78 is 24.9. The highest BCUT2D eigenvalue weighted by atomic mass is 32.2. The van der Waals surface area contributed by atoms with E-state index in [-0.39, 0.29) is 12.3 Å². The number of sulfonamides is 1. The molecule has 0 atom stereocenters. The second kappa shape index (κ2) is 6.67. The number of nitrogens with one attached hydrogen (secondary N) is 3. The predicted molar refractivity (Wildman–Crippen MR) is 93.3 cm³/mol. The molecule has 24 heavy (non-hydrogen) atoms. The van der Waals surface area contributed by atoms with Gasteiger partial charge in [-0.25, -0.2) is 23.1 Å². The predicted octanol–water partition coefficient (Wildman–Crippen LogP) is 1.56. The van der Waals surface area contributed by atoms with E-state index >= 15 is 0 Å². The average Bonchev–Trinajstić information content (AvgIpc) is 3.19. The highest BCUT2D eigenvalue weighted by Crippen LogP contribution is 2.30. The lowest BCUT2D eigenvalue weighted by atomic mass is 10.2. The van der Waals surface area contributed by atoms with Gasteiger partial charge in [-0.3, -0.25) is 4.79 Å². The molecule has 1 amide bonds. The molecule has 0 unspecified atom stereocenters. The summed E-state index contributed by atoms with van der Waals surface area (Å²) in [7, 11) is -3.40. The number of pyridine rings is 1. The molecule has 0 aliphatic rings. The number of anilines is 1. The molecular formula is C14H15N5O3S2. The van der Waals surface area contributed by atoms with Crippen LogP contribution in [0, 0.1) is 0 Å². The molecule has 0 spiro atoms. The average molecular weight is 365 g/mol. The smallest absolute Gasteiger partial charge is 0.241 e. The van der Waals surface area contributed by atoms with E-state index < -0.39 is 15.9 Å². The van der Waals surface area contributed by atoms with Gasteiger partial charge in [0.25, 0.3) is 0 Å². The highest BCUT2D eigenvalue weighted by molar-refractivity contribution is 7.89. The Balaban J connectivity index is 1.71. The standard InChI is InChI=1S/C14H15N5O3S2/c1-2-24(21,22)17-7-12(20)19-14-18-11(8-23-14)10-6-16-13-9(10)4-3-5-15-13/h3-6,8,17H,2,7H2,1H3,(H,15,16)(H,18,19,20). The minimum Gasteiger partial charge on any atom is -0.345 e. The maximum atomic E-state index is 11.8. The largest absolute Gasteiger partial charge is 0.345 e. The molecule has 0 bridgehead atoms. The molecule has 0 aliphatic carbocycles. The lowest BCUT2D eigenvalue weighted by Crippen LogP contribution is -2.33. The maximum absolute atomic E-state index is 11.8. The molecule has 3 N–H and O–H groups in total. The summed E-state index contributed by atoms with van der Waals surface area (Å²) in [5, 5.41) is 5.75. The quantitative estimate of drug-likeness (QED) is 0.613. The van der Waals surface area contributed by atoms with Gasteiger partial charge in [0.1, 0.15) is 5.65 Å². The summed E-state index contributed by atoms with van der Waals surface area (Å²) in [6, 6.07) is 3.78. The minimum absolute atomic E-state index is 0.0731. The number of rotatable bonds is 6. The van der Waals surface area contributed by atoms with E-state index in [0.29, 0.717) is 10.8 Å². The number of H-pyrrole nitrogens is 1. The molecule has 3 rings (SSSR count). The van der Waals surface area contributed by atoms with Crippen molar-refractivity contribution in [3.8, 4) is 11.3 Å². The monoisotopic (exact) mass is 365 g/mol. The molecule has 0 saturated heterocycles. The Hall–Kier alpha value is -2.30. The minimum atomic E-state index is -3.40. The number of fused-ring (bicyclic) bond motifs is 1. The third kappa shape index (κ3) is 3.61. The zero-order chi connectivity index (χ0) is 17.2. The van der Waals surface area contributed by atoms with Crippen molar-refractivity contribution in [1.29, 1.82) is 0 Å². The Morgan fingerprint density at radius 3 is 3.04 bits per heavy atom. The summed E-state index contributed by atoms with van der Waals surface area (Å²) in [6.45, 7) is 1.19.